The molecule has 1 saturated heterocycles. The molecule has 44 heavy (non-hydrogen) atoms. The smallest absolute Gasteiger partial charge is 0.289 e. The van der Waals surface area contributed by atoms with E-state index in [0.29, 0.717) is 54.6 Å². The summed E-state index contributed by atoms with van der Waals surface area (Å²) in [4.78, 5) is 25.3. The summed E-state index contributed by atoms with van der Waals surface area (Å²) in [7, 11) is -4.07. The van der Waals surface area contributed by atoms with Crippen molar-refractivity contribution in [3.63, 3.8) is 0 Å². The van der Waals surface area contributed by atoms with E-state index in [2.05, 4.69) is 10.2 Å². The number of nitrogens with one attached hydrogen (secondary N) is 1. The number of anilines is 1. The second kappa shape index (κ2) is 11.7. The molecule has 14 heteroatoms. The molecule has 0 aliphatic carbocycles. The minimum absolute atomic E-state index is 0.152. The fourth-order valence-electron chi connectivity index (χ4n) is 5.70. The Bertz CT molecular complexity index is 1820. The molecule has 0 unspecified atom stereocenters. The molecule has 1 atom stereocenters. The number of carbonyl (C=O) groups is 1. The zero-order valence-electron chi connectivity index (χ0n) is 23.9. The molecule has 0 bridgehead atoms. The summed E-state index contributed by atoms with van der Waals surface area (Å²) < 4.78 is 35.4. The van der Waals surface area contributed by atoms with Crippen molar-refractivity contribution in [1.29, 1.82) is 0 Å². The number of nitro benzene ring substituents is 1. The van der Waals surface area contributed by atoms with Crippen LogP contribution in [0.15, 0.2) is 77.7 Å². The first-order valence-corrected chi connectivity index (χ1v) is 15.6. The highest BCUT2D eigenvalue weighted by atomic mass is 32.2. The summed E-state index contributed by atoms with van der Waals surface area (Å²) in [5.74, 6) is 0.699. The van der Waals surface area contributed by atoms with Crippen LogP contribution in [0.25, 0.3) is 5.69 Å². The number of carbonyl (C=O) groups excluding carboxylic acids is 1. The molecule has 6 rings (SSSR count). The number of benzene rings is 3. The van der Waals surface area contributed by atoms with Crippen LogP contribution in [0.2, 0.25) is 0 Å². The van der Waals surface area contributed by atoms with Gasteiger partial charge in [0.25, 0.3) is 11.6 Å². The lowest BCUT2D eigenvalue weighted by Crippen LogP contribution is -2.50. The molecular weight excluding hydrogens is 586 g/mol. The maximum atomic E-state index is 13.3. The molecule has 0 spiro atoms. The number of aryl methyl sites for hydroxylation is 1. The molecule has 2 aliphatic heterocycles. The molecule has 0 saturated carbocycles. The lowest BCUT2D eigenvalue weighted by Gasteiger charge is -2.39. The fourth-order valence-corrected chi connectivity index (χ4v) is 7.28. The first kappa shape index (κ1) is 29.3. The number of rotatable bonds is 8. The van der Waals surface area contributed by atoms with Gasteiger partial charge in [0.1, 0.15) is 17.2 Å². The molecular formula is C30H31N7O6S. The molecule has 13 nitrogen and oxygen atoms in total. The average Bonchev–Trinajstić information content (AvgIpc) is 3.43. The highest BCUT2D eigenvalue weighted by Crippen LogP contribution is 2.38. The monoisotopic (exact) mass is 617 g/mol. The Morgan fingerprint density at radius 3 is 2.27 bits per heavy atom. The van der Waals surface area contributed by atoms with Crippen molar-refractivity contribution in [3.05, 3.63) is 99.9 Å². The van der Waals surface area contributed by atoms with Crippen LogP contribution in [0.3, 0.4) is 0 Å². The predicted octanol–water partition coefficient (Wildman–Crippen LogP) is 3.84. The Labute approximate surface area is 254 Å². The van der Waals surface area contributed by atoms with Crippen LogP contribution in [-0.2, 0) is 10.0 Å². The van der Waals surface area contributed by atoms with Crippen molar-refractivity contribution in [1.82, 2.24) is 19.0 Å². The number of amides is 1. The molecule has 3 heterocycles. The first-order chi connectivity index (χ1) is 21.1. The zero-order valence-corrected chi connectivity index (χ0v) is 24.7. The maximum absolute atomic E-state index is 13.3. The van der Waals surface area contributed by atoms with Gasteiger partial charge in [-0.1, -0.05) is 29.8 Å². The highest BCUT2D eigenvalue weighted by Gasteiger charge is 2.38. The van der Waals surface area contributed by atoms with Gasteiger partial charge >= 0.3 is 0 Å². The second-order valence-corrected chi connectivity index (χ2v) is 12.6. The van der Waals surface area contributed by atoms with Gasteiger partial charge in [-0.15, -0.1) is 0 Å². The normalized spacial score (nSPS) is 17.4. The summed E-state index contributed by atoms with van der Waals surface area (Å²) in [6.45, 7) is 3.65. The molecule has 4 aromatic rings. The summed E-state index contributed by atoms with van der Waals surface area (Å²) in [6.07, 6.45) is 0.683. The largest absolute Gasteiger partial charge is 0.457 e. The van der Waals surface area contributed by atoms with Gasteiger partial charge in [-0.05, 0) is 55.8 Å². The van der Waals surface area contributed by atoms with Crippen LogP contribution in [0, 0.1) is 17.0 Å². The maximum Gasteiger partial charge on any atom is 0.289 e. The van der Waals surface area contributed by atoms with Crippen LogP contribution in [-0.4, -0.2) is 71.0 Å². The minimum atomic E-state index is -4.07. The van der Waals surface area contributed by atoms with E-state index in [0.717, 1.165) is 5.56 Å². The number of nitro groups is 1. The van der Waals surface area contributed by atoms with Gasteiger partial charge in [-0.25, -0.2) is 13.1 Å². The highest BCUT2D eigenvalue weighted by molar-refractivity contribution is 7.89. The van der Waals surface area contributed by atoms with Gasteiger partial charge in [0.15, 0.2) is 10.6 Å². The molecule has 1 aromatic heterocycles. The third-order valence-corrected chi connectivity index (χ3v) is 9.86. The van der Waals surface area contributed by atoms with Crippen LogP contribution in [0.1, 0.15) is 34.2 Å². The van der Waals surface area contributed by atoms with Crippen molar-refractivity contribution in [3.8, 4) is 17.2 Å². The van der Waals surface area contributed by atoms with E-state index >= 15 is 0 Å². The van der Waals surface area contributed by atoms with E-state index < -0.39 is 26.5 Å². The Morgan fingerprint density at radius 2 is 1.64 bits per heavy atom. The fraction of sp³-hybridized carbons (Fsp3) is 0.267. The van der Waals surface area contributed by atoms with Gasteiger partial charge in [0.2, 0.25) is 10.0 Å². The van der Waals surface area contributed by atoms with Crippen LogP contribution in [0.5, 0.6) is 11.5 Å². The standard InChI is InChI=1S/C30H31N7O6S/c1-20-6-10-22(11-7-20)43-23-12-8-21(9-13-23)36-29(30(31)38)28-27(33-36)25(14-15-32-28)34-16-18-35(19-17-34)44(41,42)26-5-3-2-4-24(26)37(39)40/h2-13,25,32H,14-19H2,1H3,(H2,31,38)/t25-/m0/s1. The molecule has 228 valence electrons. The number of para-hydroxylation sites is 1. The number of primary amides is 1. The summed E-state index contributed by atoms with van der Waals surface area (Å²) in [5, 5.41) is 19.6. The van der Waals surface area contributed by atoms with Crippen LogP contribution >= 0.6 is 0 Å². The molecule has 1 amide bonds. The van der Waals surface area contributed by atoms with E-state index in [-0.39, 0.29) is 29.7 Å². The summed E-state index contributed by atoms with van der Waals surface area (Å²) >= 11 is 0. The Morgan fingerprint density at radius 1 is 1.00 bits per heavy atom. The third-order valence-electron chi connectivity index (χ3n) is 7.91. The molecule has 3 N–H and O–H groups in total. The number of aromatic nitrogens is 2. The Hall–Kier alpha value is -4.79. The SMILES string of the molecule is Cc1ccc(Oc2ccc(-n3nc4c(c3C(N)=O)NCC[C@@H]4N3CCN(S(=O)(=O)c4ccccc4[N+](=O)[O-])CC3)cc2)cc1. The van der Waals surface area contributed by atoms with Crippen molar-refractivity contribution in [2.24, 2.45) is 5.73 Å². The molecule has 3 aromatic carbocycles. The molecule has 1 fully saturated rings. The number of ether oxygens (including phenoxy) is 1. The van der Waals surface area contributed by atoms with Crippen LogP contribution < -0.4 is 15.8 Å². The lowest BCUT2D eigenvalue weighted by molar-refractivity contribution is -0.387. The average molecular weight is 618 g/mol. The number of hydrogen-bond donors (Lipinski definition) is 2. The van der Waals surface area contributed by atoms with E-state index in [4.69, 9.17) is 15.6 Å². The van der Waals surface area contributed by atoms with Crippen molar-refractivity contribution < 1.29 is 22.9 Å². The predicted molar refractivity (Wildman–Crippen MR) is 163 cm³/mol. The van der Waals surface area contributed by atoms with Crippen molar-refractivity contribution in [2.45, 2.75) is 24.3 Å². The van der Waals surface area contributed by atoms with Crippen molar-refractivity contribution in [2.75, 3.05) is 38.0 Å². The first-order valence-electron chi connectivity index (χ1n) is 14.1. The Kier molecular flexibility index (Phi) is 7.80. The van der Waals surface area contributed by atoms with E-state index in [1.54, 1.807) is 24.3 Å². The number of sulfonamides is 1. The van der Waals surface area contributed by atoms with E-state index in [9.17, 15) is 23.3 Å². The van der Waals surface area contributed by atoms with E-state index in [1.165, 1.54) is 33.3 Å². The number of fused-ring (bicyclic) bond motifs is 1. The topological polar surface area (TPSA) is 166 Å². The summed E-state index contributed by atoms with van der Waals surface area (Å²) in [6, 6.07) is 20.1. The minimum Gasteiger partial charge on any atom is -0.457 e. The number of hydrogen-bond acceptors (Lipinski definition) is 9. The zero-order chi connectivity index (χ0) is 31.0. The lowest BCUT2D eigenvalue weighted by atomic mass is 10.0. The van der Waals surface area contributed by atoms with Gasteiger partial charge in [-0.2, -0.15) is 9.40 Å². The number of nitrogens with zero attached hydrogens (tertiary/aromatic N) is 5. The van der Waals surface area contributed by atoms with Crippen molar-refractivity contribution >= 4 is 27.3 Å². The van der Waals surface area contributed by atoms with Gasteiger partial charge < -0.3 is 15.8 Å². The Balaban J connectivity index is 1.22. The van der Waals surface area contributed by atoms with Gasteiger partial charge in [0.05, 0.1) is 22.3 Å². The number of piperazine rings is 1. The van der Waals surface area contributed by atoms with Gasteiger partial charge in [0, 0.05) is 38.8 Å². The number of nitrogens with two attached hydrogens (primary N) is 1. The quantitative estimate of drug-likeness (QED) is 0.221. The third kappa shape index (κ3) is 5.50. The van der Waals surface area contributed by atoms with Crippen LogP contribution in [0.4, 0.5) is 11.4 Å². The summed E-state index contributed by atoms with van der Waals surface area (Å²) in [5.41, 5.74) is 8.60. The van der Waals surface area contributed by atoms with Gasteiger partial charge in [-0.3, -0.25) is 19.8 Å². The molecule has 0 radical (unpaired) electrons. The van der Waals surface area contributed by atoms with E-state index in [1.807, 2.05) is 31.2 Å². The second-order valence-electron chi connectivity index (χ2n) is 10.7. The molecule has 2 aliphatic rings.